The van der Waals surface area contributed by atoms with Gasteiger partial charge in [-0.25, -0.2) is 0 Å². The molecule has 0 unspecified atom stereocenters. The minimum atomic E-state index is -0.294. The Morgan fingerprint density at radius 3 is 2.39 bits per heavy atom. The summed E-state index contributed by atoms with van der Waals surface area (Å²) in [6.45, 7) is 3.69. The van der Waals surface area contributed by atoms with Crippen LogP contribution >= 0.6 is 0 Å². The molecule has 2 aliphatic heterocycles. The fourth-order valence-corrected chi connectivity index (χ4v) is 7.52. The average molecular weight is 425 g/mol. The van der Waals surface area contributed by atoms with Crippen LogP contribution in [0.1, 0.15) is 51.9 Å². The summed E-state index contributed by atoms with van der Waals surface area (Å²) in [5, 5.41) is 3.36. The summed E-state index contributed by atoms with van der Waals surface area (Å²) < 4.78 is 11.2. The summed E-state index contributed by atoms with van der Waals surface area (Å²) in [6, 6.07) is 5.76. The first-order valence-electron chi connectivity index (χ1n) is 12.0. The van der Waals surface area contributed by atoms with Crippen LogP contribution in [0.4, 0.5) is 5.69 Å². The lowest BCUT2D eigenvalue weighted by atomic mass is 9.48. The number of benzene rings is 1. The van der Waals surface area contributed by atoms with E-state index in [0.717, 1.165) is 23.4 Å². The number of hydrogen-bond acceptors (Lipinski definition) is 4. The van der Waals surface area contributed by atoms with Crippen molar-refractivity contribution in [1.82, 2.24) is 5.32 Å². The number of anilines is 1. The Bertz CT molecular complexity index is 877. The summed E-state index contributed by atoms with van der Waals surface area (Å²) in [5.74, 6) is 3.71. The number of amides is 2. The SMILES string of the molecule is C[C@H](NC(=O)[C@H]1CC(=O)N(c2ccc3c(c2)OCCO3)C1)C12CC3CC(CC(C3)C1)C2. The zero-order valence-electron chi connectivity index (χ0n) is 18.3. The fraction of sp³-hybridized carbons (Fsp3) is 0.680. The first kappa shape index (κ1) is 19.4. The number of rotatable bonds is 4. The van der Waals surface area contributed by atoms with Gasteiger partial charge in [-0.3, -0.25) is 9.59 Å². The van der Waals surface area contributed by atoms with Gasteiger partial charge in [0, 0.05) is 30.8 Å². The smallest absolute Gasteiger partial charge is 0.227 e. The molecule has 6 aliphatic rings. The molecule has 4 aliphatic carbocycles. The Labute approximate surface area is 183 Å². The maximum atomic E-state index is 13.2. The molecule has 2 amide bonds. The zero-order chi connectivity index (χ0) is 21.2. The predicted molar refractivity (Wildman–Crippen MR) is 116 cm³/mol. The van der Waals surface area contributed by atoms with Gasteiger partial charge >= 0.3 is 0 Å². The maximum absolute atomic E-state index is 13.2. The second-order valence-corrected chi connectivity index (χ2v) is 10.7. The molecule has 1 N–H and O–H groups in total. The van der Waals surface area contributed by atoms with E-state index in [0.29, 0.717) is 31.3 Å². The number of fused-ring (bicyclic) bond motifs is 1. The number of hydrogen-bond donors (Lipinski definition) is 1. The Balaban J connectivity index is 1.13. The standard InChI is InChI=1S/C25H32N2O4/c1-15(25-11-16-6-17(12-25)8-18(7-16)13-25)26-24(29)19-9-23(28)27(14-19)20-2-3-21-22(10-20)31-5-4-30-21/h2-3,10,15-19H,4-9,11-14H2,1H3,(H,26,29)/t15-,16?,17?,18?,19-,25?/m0/s1. The number of carbonyl (C=O) groups is 2. The Kier molecular flexibility index (Phi) is 4.48. The van der Waals surface area contributed by atoms with Gasteiger partial charge in [0.05, 0.1) is 5.92 Å². The van der Waals surface area contributed by atoms with Gasteiger partial charge in [0.2, 0.25) is 11.8 Å². The minimum absolute atomic E-state index is 0.000662. The molecule has 0 spiro atoms. The minimum Gasteiger partial charge on any atom is -0.486 e. The van der Waals surface area contributed by atoms with Gasteiger partial charge in [-0.1, -0.05) is 0 Å². The van der Waals surface area contributed by atoms with E-state index in [9.17, 15) is 9.59 Å². The van der Waals surface area contributed by atoms with E-state index in [-0.39, 0.29) is 35.6 Å². The molecule has 4 saturated carbocycles. The lowest BCUT2D eigenvalue weighted by Gasteiger charge is -2.59. The monoisotopic (exact) mass is 424 g/mol. The third kappa shape index (κ3) is 3.30. The highest BCUT2D eigenvalue weighted by atomic mass is 16.6. The molecule has 6 heteroatoms. The lowest BCUT2D eigenvalue weighted by molar-refractivity contribution is -0.130. The van der Waals surface area contributed by atoms with E-state index in [1.807, 2.05) is 18.2 Å². The average Bonchev–Trinajstić information content (AvgIpc) is 3.14. The second-order valence-electron chi connectivity index (χ2n) is 10.7. The van der Waals surface area contributed by atoms with Crippen LogP contribution in [0.2, 0.25) is 0 Å². The quantitative estimate of drug-likeness (QED) is 0.803. The maximum Gasteiger partial charge on any atom is 0.227 e. The van der Waals surface area contributed by atoms with Crippen molar-refractivity contribution in [3.8, 4) is 11.5 Å². The van der Waals surface area contributed by atoms with Crippen molar-refractivity contribution < 1.29 is 19.1 Å². The van der Waals surface area contributed by atoms with Crippen molar-refractivity contribution in [2.75, 3.05) is 24.7 Å². The molecule has 2 heterocycles. The molecule has 0 radical (unpaired) electrons. The number of nitrogens with zero attached hydrogens (tertiary/aromatic N) is 1. The molecular weight excluding hydrogens is 392 g/mol. The largest absolute Gasteiger partial charge is 0.486 e. The highest BCUT2D eigenvalue weighted by Gasteiger charge is 2.53. The van der Waals surface area contributed by atoms with Crippen LogP contribution in [0.3, 0.4) is 0 Å². The third-order valence-corrected chi connectivity index (χ3v) is 8.70. The van der Waals surface area contributed by atoms with E-state index < -0.39 is 0 Å². The molecule has 166 valence electrons. The predicted octanol–water partition coefficient (Wildman–Crippen LogP) is 3.53. The van der Waals surface area contributed by atoms with Crippen molar-refractivity contribution in [3.63, 3.8) is 0 Å². The Morgan fingerprint density at radius 2 is 1.71 bits per heavy atom. The Morgan fingerprint density at radius 1 is 1.06 bits per heavy atom. The molecule has 1 aromatic carbocycles. The number of carbonyl (C=O) groups excluding carboxylic acids is 2. The Hall–Kier alpha value is -2.24. The van der Waals surface area contributed by atoms with Crippen molar-refractivity contribution >= 4 is 17.5 Å². The van der Waals surface area contributed by atoms with E-state index in [2.05, 4.69) is 12.2 Å². The highest BCUT2D eigenvalue weighted by Crippen LogP contribution is 2.61. The van der Waals surface area contributed by atoms with Crippen LogP contribution in [0.15, 0.2) is 18.2 Å². The second kappa shape index (κ2) is 7.14. The molecule has 0 aromatic heterocycles. The zero-order valence-corrected chi connectivity index (χ0v) is 18.3. The van der Waals surface area contributed by atoms with E-state index in [1.165, 1.54) is 38.5 Å². The summed E-state index contributed by atoms with van der Waals surface area (Å²) >= 11 is 0. The van der Waals surface area contributed by atoms with E-state index in [4.69, 9.17) is 9.47 Å². The van der Waals surface area contributed by atoms with Crippen LogP contribution in [-0.4, -0.2) is 37.6 Å². The van der Waals surface area contributed by atoms with E-state index >= 15 is 0 Å². The normalized spacial score (nSPS) is 36.5. The van der Waals surface area contributed by atoms with E-state index in [1.54, 1.807) is 4.90 Å². The highest BCUT2D eigenvalue weighted by molar-refractivity contribution is 6.00. The van der Waals surface area contributed by atoms with Crippen LogP contribution in [-0.2, 0) is 9.59 Å². The topological polar surface area (TPSA) is 67.9 Å². The van der Waals surface area contributed by atoms with Gasteiger partial charge in [-0.2, -0.15) is 0 Å². The lowest BCUT2D eigenvalue weighted by Crippen LogP contribution is -2.56. The fourth-order valence-electron chi connectivity index (χ4n) is 7.52. The van der Waals surface area contributed by atoms with Gasteiger partial charge in [-0.15, -0.1) is 0 Å². The molecule has 7 rings (SSSR count). The van der Waals surface area contributed by atoms with Gasteiger partial charge in [0.15, 0.2) is 11.5 Å². The van der Waals surface area contributed by atoms with Crippen molar-refractivity contribution in [2.24, 2.45) is 29.1 Å². The molecule has 1 saturated heterocycles. The molecule has 31 heavy (non-hydrogen) atoms. The van der Waals surface area contributed by atoms with Crippen LogP contribution in [0.25, 0.3) is 0 Å². The molecule has 4 bridgehead atoms. The number of ether oxygens (including phenoxy) is 2. The van der Waals surface area contributed by atoms with Gasteiger partial charge in [0.1, 0.15) is 13.2 Å². The summed E-state index contributed by atoms with van der Waals surface area (Å²) in [6.07, 6.45) is 8.30. The van der Waals surface area contributed by atoms with Gasteiger partial charge in [-0.05, 0) is 80.8 Å². The van der Waals surface area contributed by atoms with Gasteiger partial charge in [0.25, 0.3) is 0 Å². The third-order valence-electron chi connectivity index (χ3n) is 8.70. The van der Waals surface area contributed by atoms with Crippen LogP contribution in [0, 0.1) is 29.1 Å². The molecule has 5 fully saturated rings. The molecular formula is C25H32N2O4. The first-order chi connectivity index (χ1) is 15.0. The molecule has 6 nitrogen and oxygen atoms in total. The van der Waals surface area contributed by atoms with Gasteiger partial charge < -0.3 is 19.7 Å². The number of nitrogens with one attached hydrogen (secondary N) is 1. The van der Waals surface area contributed by atoms with Crippen LogP contribution < -0.4 is 19.7 Å². The molecule has 1 aromatic rings. The van der Waals surface area contributed by atoms with Crippen molar-refractivity contribution in [3.05, 3.63) is 18.2 Å². The summed E-state index contributed by atoms with van der Waals surface area (Å²) in [4.78, 5) is 27.6. The molecule has 2 atom stereocenters. The summed E-state index contributed by atoms with van der Waals surface area (Å²) in [7, 11) is 0. The van der Waals surface area contributed by atoms with Crippen LogP contribution in [0.5, 0.6) is 11.5 Å². The first-order valence-corrected chi connectivity index (χ1v) is 12.0. The van der Waals surface area contributed by atoms with Crippen molar-refractivity contribution in [1.29, 1.82) is 0 Å². The van der Waals surface area contributed by atoms with Crippen molar-refractivity contribution in [2.45, 2.75) is 57.9 Å². The summed E-state index contributed by atoms with van der Waals surface area (Å²) in [5.41, 5.74) is 1.06.